The van der Waals surface area contributed by atoms with Crippen molar-refractivity contribution in [2.45, 2.75) is 77.9 Å². The van der Waals surface area contributed by atoms with Crippen LogP contribution in [-0.4, -0.2) is 99.9 Å². The summed E-state index contributed by atoms with van der Waals surface area (Å²) in [6, 6.07) is 15.5. The van der Waals surface area contributed by atoms with Crippen LogP contribution in [0.4, 0.5) is 4.39 Å². The smallest absolute Gasteiger partial charge is 0.246 e. The Bertz CT molecular complexity index is 1930. The number of nitrogens with two attached hydrogens (primary N) is 1. The highest BCUT2D eigenvalue weighted by atomic mass is 32.2. The average Bonchev–Trinajstić information content (AvgIpc) is 3.86. The number of ether oxygens (including phenoxy) is 3. The van der Waals surface area contributed by atoms with Crippen LogP contribution >= 0.6 is 0 Å². The minimum atomic E-state index is -3.96. The van der Waals surface area contributed by atoms with E-state index in [1.54, 1.807) is 43.3 Å². The number of rotatable bonds is 15. The van der Waals surface area contributed by atoms with Gasteiger partial charge in [-0.15, -0.1) is 0 Å². The molecule has 3 aromatic carbocycles. The Morgan fingerprint density at radius 1 is 1.02 bits per heavy atom. The molecule has 12 nitrogen and oxygen atoms in total. The van der Waals surface area contributed by atoms with E-state index in [2.05, 4.69) is 5.32 Å². The zero-order chi connectivity index (χ0) is 36.4. The number of nitrogens with zero attached hydrogens (tertiary/aromatic N) is 1. The molecule has 2 heterocycles. The molecule has 3 aromatic rings. The van der Waals surface area contributed by atoms with E-state index in [0.29, 0.717) is 61.2 Å². The maximum absolute atomic E-state index is 14.5. The van der Waals surface area contributed by atoms with Crippen molar-refractivity contribution in [2.24, 2.45) is 5.73 Å². The van der Waals surface area contributed by atoms with Gasteiger partial charge in [0.05, 0.1) is 35.1 Å². The Morgan fingerprint density at radius 3 is 2.41 bits per heavy atom. The third-order valence-corrected chi connectivity index (χ3v) is 14.6. The van der Waals surface area contributed by atoms with Gasteiger partial charge in [0.1, 0.15) is 34.9 Å². The number of sulfonamides is 1. The fourth-order valence-electron chi connectivity index (χ4n) is 6.84. The summed E-state index contributed by atoms with van der Waals surface area (Å²) in [6.45, 7) is 2.74. The second-order valence-corrected chi connectivity index (χ2v) is 17.8. The van der Waals surface area contributed by atoms with E-state index < -0.39 is 48.7 Å². The van der Waals surface area contributed by atoms with Gasteiger partial charge >= 0.3 is 0 Å². The van der Waals surface area contributed by atoms with E-state index in [9.17, 15) is 31.4 Å². The number of aliphatic hydroxyl groups excluding tert-OH is 2. The van der Waals surface area contributed by atoms with Crippen molar-refractivity contribution in [1.29, 1.82) is 0 Å². The fraction of sp³-hybridized carbons (Fsp3) is 0.500. The molecule has 1 saturated carbocycles. The molecule has 1 aliphatic carbocycles. The standard InChI is InChI=1S/C36H46FN3O9S2/c1-2-47-33-9-8-26(25-6-7-27(20-38)32(37)16-25)17-34(33)51(45,46)40-14-12-35(13-15-40)19-28(22-49-35)39-21-29(42)23-48-30-4-3-5-31(18-30)50(43,44)36(24-41)10-11-36/h3-9,16-18,28-29,39,41-42H,2,10-15,19-24,38H2,1H3/t28-,29+/m1/s1. The summed E-state index contributed by atoms with van der Waals surface area (Å²) in [4.78, 5) is 0.106. The molecule has 3 fully saturated rings. The Labute approximate surface area is 298 Å². The summed E-state index contributed by atoms with van der Waals surface area (Å²) < 4.78 is 86.4. The first-order valence-corrected chi connectivity index (χ1v) is 20.2. The maximum atomic E-state index is 14.5. The lowest BCUT2D eigenvalue weighted by Crippen LogP contribution is -2.47. The predicted molar refractivity (Wildman–Crippen MR) is 188 cm³/mol. The van der Waals surface area contributed by atoms with E-state index in [4.69, 9.17) is 19.9 Å². The van der Waals surface area contributed by atoms with Crippen LogP contribution in [0.25, 0.3) is 11.1 Å². The van der Waals surface area contributed by atoms with Gasteiger partial charge in [0.25, 0.3) is 0 Å². The molecule has 51 heavy (non-hydrogen) atoms. The molecule has 2 aliphatic heterocycles. The highest BCUT2D eigenvalue weighted by Crippen LogP contribution is 2.46. The van der Waals surface area contributed by atoms with Crippen LogP contribution in [0, 0.1) is 5.82 Å². The highest BCUT2D eigenvalue weighted by molar-refractivity contribution is 7.93. The van der Waals surface area contributed by atoms with Gasteiger partial charge in [-0.05, 0) is 86.6 Å². The first-order chi connectivity index (χ1) is 24.3. The number of sulfone groups is 1. The zero-order valence-electron chi connectivity index (χ0n) is 28.6. The van der Waals surface area contributed by atoms with Crippen molar-refractivity contribution in [1.82, 2.24) is 9.62 Å². The quantitative estimate of drug-likeness (QED) is 0.180. The Hall–Kier alpha value is -3.15. The fourth-order valence-corrected chi connectivity index (χ4v) is 10.3. The lowest BCUT2D eigenvalue weighted by molar-refractivity contribution is -0.0312. The molecule has 2 saturated heterocycles. The molecule has 0 bridgehead atoms. The molecule has 5 N–H and O–H groups in total. The summed E-state index contributed by atoms with van der Waals surface area (Å²) in [5.41, 5.74) is 6.54. The van der Waals surface area contributed by atoms with E-state index >= 15 is 0 Å². The monoisotopic (exact) mass is 747 g/mol. The SMILES string of the molecule is CCOc1ccc(-c2ccc(CN)c(F)c2)cc1S(=O)(=O)N1CCC2(CC1)C[C@@H](NC[C@H](O)COc1cccc(S(=O)(=O)C3(CO)CC3)c1)CO2. The van der Waals surface area contributed by atoms with Crippen molar-refractivity contribution in [3.05, 3.63) is 72.0 Å². The molecule has 3 aliphatic rings. The van der Waals surface area contributed by atoms with Gasteiger partial charge < -0.3 is 35.5 Å². The molecule has 6 rings (SSSR count). The van der Waals surface area contributed by atoms with Crippen molar-refractivity contribution in [3.63, 3.8) is 0 Å². The van der Waals surface area contributed by atoms with Gasteiger partial charge in [0.2, 0.25) is 10.0 Å². The van der Waals surface area contributed by atoms with Gasteiger partial charge in [-0.1, -0.05) is 24.3 Å². The Kier molecular flexibility index (Phi) is 11.1. The third kappa shape index (κ3) is 7.81. The van der Waals surface area contributed by atoms with Crippen LogP contribution in [0.3, 0.4) is 0 Å². The van der Waals surface area contributed by atoms with Crippen molar-refractivity contribution in [3.8, 4) is 22.6 Å². The molecule has 0 aromatic heterocycles. The maximum Gasteiger partial charge on any atom is 0.246 e. The molecular formula is C36H46FN3O9S2. The largest absolute Gasteiger partial charge is 0.492 e. The Balaban J connectivity index is 1.02. The second kappa shape index (κ2) is 15.1. The van der Waals surface area contributed by atoms with Crippen LogP contribution in [0.2, 0.25) is 0 Å². The van der Waals surface area contributed by atoms with E-state index in [0.717, 1.165) is 0 Å². The second-order valence-electron chi connectivity index (χ2n) is 13.6. The predicted octanol–water partition coefficient (Wildman–Crippen LogP) is 2.99. The Morgan fingerprint density at radius 2 is 1.75 bits per heavy atom. The minimum absolute atomic E-state index is 0.0227. The molecule has 15 heteroatoms. The summed E-state index contributed by atoms with van der Waals surface area (Å²) in [5, 5.41) is 23.5. The van der Waals surface area contributed by atoms with Crippen LogP contribution in [0.5, 0.6) is 11.5 Å². The van der Waals surface area contributed by atoms with E-state index in [1.165, 1.54) is 28.6 Å². The summed E-state index contributed by atoms with van der Waals surface area (Å²) in [7, 11) is -7.66. The lowest BCUT2D eigenvalue weighted by atomic mass is 9.88. The van der Waals surface area contributed by atoms with Gasteiger partial charge in [-0.3, -0.25) is 0 Å². The molecule has 1 spiro atoms. The first-order valence-electron chi connectivity index (χ1n) is 17.2. The number of hydrogen-bond acceptors (Lipinski definition) is 11. The van der Waals surface area contributed by atoms with Gasteiger partial charge in [-0.25, -0.2) is 21.2 Å². The summed E-state index contributed by atoms with van der Waals surface area (Å²) >= 11 is 0. The number of halogens is 1. The van der Waals surface area contributed by atoms with Crippen LogP contribution in [0.15, 0.2) is 70.5 Å². The molecule has 0 radical (unpaired) electrons. The summed E-state index contributed by atoms with van der Waals surface area (Å²) in [6.07, 6.45) is 1.58. The number of benzene rings is 3. The lowest BCUT2D eigenvalue weighted by Gasteiger charge is -2.38. The van der Waals surface area contributed by atoms with Crippen molar-refractivity contribution < 1.29 is 45.6 Å². The molecule has 0 unspecified atom stereocenters. The molecular weight excluding hydrogens is 702 g/mol. The minimum Gasteiger partial charge on any atom is -0.492 e. The normalized spacial score (nSPS) is 20.7. The topological polar surface area (TPSA) is 178 Å². The molecule has 278 valence electrons. The van der Waals surface area contributed by atoms with Gasteiger partial charge in [0, 0.05) is 37.8 Å². The number of nitrogens with one attached hydrogen (secondary N) is 1. The first kappa shape index (κ1) is 37.6. The number of aliphatic hydroxyl groups is 2. The van der Waals surface area contributed by atoms with Crippen molar-refractivity contribution in [2.75, 3.05) is 46.1 Å². The highest BCUT2D eigenvalue weighted by Gasteiger charge is 2.54. The van der Waals surface area contributed by atoms with Crippen LogP contribution in [0.1, 0.15) is 44.6 Å². The van der Waals surface area contributed by atoms with Gasteiger partial charge in [0.15, 0.2) is 9.84 Å². The number of hydrogen-bond donors (Lipinski definition) is 4. The average molecular weight is 748 g/mol. The van der Waals surface area contributed by atoms with E-state index in [1.807, 2.05) is 0 Å². The third-order valence-electron chi connectivity index (χ3n) is 10.2. The molecule has 0 amide bonds. The zero-order valence-corrected chi connectivity index (χ0v) is 30.2. The van der Waals surface area contributed by atoms with Crippen molar-refractivity contribution >= 4 is 19.9 Å². The summed E-state index contributed by atoms with van der Waals surface area (Å²) in [5.74, 6) is 0.0866. The van der Waals surface area contributed by atoms with Crippen LogP contribution < -0.4 is 20.5 Å². The van der Waals surface area contributed by atoms with E-state index in [-0.39, 0.29) is 61.0 Å². The van der Waals surface area contributed by atoms with Gasteiger partial charge in [-0.2, -0.15) is 4.31 Å². The molecule has 2 atom stereocenters. The number of piperidine rings is 1. The van der Waals surface area contributed by atoms with Crippen LogP contribution in [-0.2, 0) is 31.1 Å².